The molecule has 1 aliphatic heterocycles. The number of aliphatic hydroxyl groups is 1. The van der Waals surface area contributed by atoms with Crippen LogP contribution in [0.2, 0.25) is 0 Å². The number of rotatable bonds is 6. The van der Waals surface area contributed by atoms with E-state index in [4.69, 9.17) is 0 Å². The number of benzene rings is 1. The summed E-state index contributed by atoms with van der Waals surface area (Å²) in [5.41, 5.74) is 0.117. The summed E-state index contributed by atoms with van der Waals surface area (Å²) in [5.74, 6) is -0.131. The highest BCUT2D eigenvalue weighted by molar-refractivity contribution is 5.76. The highest BCUT2D eigenvalue weighted by Gasteiger charge is 2.51. The lowest BCUT2D eigenvalue weighted by Gasteiger charge is -2.43. The van der Waals surface area contributed by atoms with E-state index in [0.717, 1.165) is 37.9 Å². The fraction of sp³-hybridized carbons (Fsp3) is 0.611. The quantitative estimate of drug-likeness (QED) is 0.746. The molecule has 126 valence electrons. The van der Waals surface area contributed by atoms with Crippen molar-refractivity contribution in [3.63, 3.8) is 0 Å². The van der Waals surface area contributed by atoms with Crippen LogP contribution in [0.25, 0.3) is 0 Å². The lowest BCUT2D eigenvalue weighted by molar-refractivity contribution is -0.164. The average Bonchev–Trinajstić information content (AvgIpc) is 3.33. The molecule has 2 fully saturated rings. The topological polar surface area (TPSA) is 81.0 Å². The van der Waals surface area contributed by atoms with Crippen LogP contribution in [0, 0.1) is 11.3 Å². The Balaban J connectivity index is 1.64. The summed E-state index contributed by atoms with van der Waals surface area (Å²) in [6.07, 6.45) is 3.37. The zero-order valence-corrected chi connectivity index (χ0v) is 13.3. The molecule has 0 unspecified atom stereocenters. The van der Waals surface area contributed by atoms with Gasteiger partial charge in [-0.1, -0.05) is 25.0 Å². The number of carboxylic acid groups (broad SMARTS) is 1. The molecule has 1 aromatic carbocycles. The predicted octanol–water partition coefficient (Wildman–Crippen LogP) is 1.87. The molecule has 0 spiro atoms. The Morgan fingerprint density at radius 1 is 1.22 bits per heavy atom. The zero-order valence-electron chi connectivity index (χ0n) is 13.3. The number of aromatic hydroxyl groups is 1. The third-order valence-corrected chi connectivity index (χ3v) is 5.29. The van der Waals surface area contributed by atoms with Crippen LogP contribution in [-0.2, 0) is 11.2 Å². The van der Waals surface area contributed by atoms with Crippen LogP contribution < -0.4 is 0 Å². The standard InChI is InChI=1S/C18H25NO4/c20-15-5-3-13(4-6-15)7-9-19-10-8-16(21)18(12-19,17(22)23)11-14-1-2-14/h3-6,14,16,20-21H,1-2,7-12H2,(H,22,23)/t16-,18+/m1/s1. The number of hydrogen-bond acceptors (Lipinski definition) is 4. The first-order chi connectivity index (χ1) is 11.0. The molecule has 1 aromatic rings. The first-order valence-electron chi connectivity index (χ1n) is 8.41. The summed E-state index contributed by atoms with van der Waals surface area (Å²) in [7, 11) is 0. The second-order valence-electron chi connectivity index (χ2n) is 7.11. The number of piperidine rings is 1. The summed E-state index contributed by atoms with van der Waals surface area (Å²) < 4.78 is 0. The van der Waals surface area contributed by atoms with Gasteiger partial charge in [0.05, 0.1) is 6.10 Å². The number of phenolic OH excluding ortho intramolecular Hbond substituents is 1. The van der Waals surface area contributed by atoms with Crippen molar-refractivity contribution < 1.29 is 20.1 Å². The van der Waals surface area contributed by atoms with E-state index in [1.807, 2.05) is 12.1 Å². The van der Waals surface area contributed by atoms with Crippen LogP contribution in [0.4, 0.5) is 0 Å². The molecule has 5 heteroatoms. The number of carbonyl (C=O) groups is 1. The van der Waals surface area contributed by atoms with Crippen molar-refractivity contribution in [1.82, 2.24) is 4.90 Å². The van der Waals surface area contributed by atoms with Gasteiger partial charge in [0.1, 0.15) is 11.2 Å². The maximum absolute atomic E-state index is 11.9. The second-order valence-corrected chi connectivity index (χ2v) is 7.11. The van der Waals surface area contributed by atoms with E-state index in [0.29, 0.717) is 25.3 Å². The first kappa shape index (κ1) is 16.3. The SMILES string of the molecule is O=C(O)[C@@]1(CC2CC2)CN(CCc2ccc(O)cc2)CC[C@H]1O. The minimum Gasteiger partial charge on any atom is -0.508 e. The number of hydrogen-bond donors (Lipinski definition) is 3. The Hall–Kier alpha value is -1.59. The third kappa shape index (κ3) is 3.67. The van der Waals surface area contributed by atoms with Crippen LogP contribution >= 0.6 is 0 Å². The van der Waals surface area contributed by atoms with E-state index in [9.17, 15) is 20.1 Å². The van der Waals surface area contributed by atoms with Gasteiger partial charge in [-0.05, 0) is 42.9 Å². The highest BCUT2D eigenvalue weighted by atomic mass is 16.4. The molecule has 1 aliphatic carbocycles. The fourth-order valence-electron chi connectivity index (χ4n) is 3.64. The summed E-state index contributed by atoms with van der Waals surface area (Å²) in [5, 5.41) is 29.4. The molecule has 5 nitrogen and oxygen atoms in total. The molecule has 0 radical (unpaired) electrons. The van der Waals surface area contributed by atoms with E-state index >= 15 is 0 Å². The van der Waals surface area contributed by atoms with E-state index in [2.05, 4.69) is 4.90 Å². The van der Waals surface area contributed by atoms with Gasteiger partial charge in [-0.2, -0.15) is 0 Å². The molecule has 1 saturated carbocycles. The third-order valence-electron chi connectivity index (χ3n) is 5.29. The minimum atomic E-state index is -1.01. The fourth-order valence-corrected chi connectivity index (χ4v) is 3.64. The van der Waals surface area contributed by atoms with Gasteiger partial charge in [0, 0.05) is 19.6 Å². The molecule has 3 N–H and O–H groups in total. The number of aliphatic carboxylic acids is 1. The zero-order chi connectivity index (χ0) is 16.4. The van der Waals surface area contributed by atoms with Gasteiger partial charge >= 0.3 is 5.97 Å². The van der Waals surface area contributed by atoms with Gasteiger partial charge < -0.3 is 20.2 Å². The van der Waals surface area contributed by atoms with Gasteiger partial charge in [0.25, 0.3) is 0 Å². The number of carboxylic acids is 1. The van der Waals surface area contributed by atoms with E-state index in [1.54, 1.807) is 12.1 Å². The second kappa shape index (κ2) is 6.49. The van der Waals surface area contributed by atoms with E-state index in [1.165, 1.54) is 0 Å². The normalized spacial score (nSPS) is 28.7. The predicted molar refractivity (Wildman–Crippen MR) is 86.3 cm³/mol. The monoisotopic (exact) mass is 319 g/mol. The first-order valence-corrected chi connectivity index (χ1v) is 8.41. The van der Waals surface area contributed by atoms with Crippen LogP contribution in [0.15, 0.2) is 24.3 Å². The molecule has 2 aliphatic rings. The Bertz CT molecular complexity index is 555. The van der Waals surface area contributed by atoms with Crippen molar-refractivity contribution in [3.05, 3.63) is 29.8 Å². The number of aliphatic hydroxyl groups excluding tert-OH is 1. The molecule has 0 amide bonds. The largest absolute Gasteiger partial charge is 0.508 e. The van der Waals surface area contributed by atoms with E-state index in [-0.39, 0.29) is 5.75 Å². The Kier molecular flexibility index (Phi) is 4.60. The van der Waals surface area contributed by atoms with Crippen molar-refractivity contribution in [3.8, 4) is 5.75 Å². The molecule has 23 heavy (non-hydrogen) atoms. The summed E-state index contributed by atoms with van der Waals surface area (Å²) in [6.45, 7) is 1.94. The van der Waals surface area contributed by atoms with E-state index < -0.39 is 17.5 Å². The lowest BCUT2D eigenvalue weighted by atomic mass is 9.73. The average molecular weight is 319 g/mol. The summed E-state index contributed by atoms with van der Waals surface area (Å²) in [4.78, 5) is 14.1. The highest BCUT2D eigenvalue weighted by Crippen LogP contribution is 2.45. The Morgan fingerprint density at radius 2 is 1.91 bits per heavy atom. The van der Waals surface area contributed by atoms with Gasteiger partial charge in [0.15, 0.2) is 0 Å². The van der Waals surface area contributed by atoms with Gasteiger partial charge in [-0.15, -0.1) is 0 Å². The maximum Gasteiger partial charge on any atom is 0.313 e. The lowest BCUT2D eigenvalue weighted by Crippen LogP contribution is -2.56. The smallest absolute Gasteiger partial charge is 0.313 e. The number of likely N-dealkylation sites (tertiary alicyclic amines) is 1. The maximum atomic E-state index is 11.9. The summed E-state index contributed by atoms with van der Waals surface area (Å²) in [6, 6.07) is 7.12. The van der Waals surface area contributed by atoms with Crippen LogP contribution in [0.3, 0.4) is 0 Å². The van der Waals surface area contributed by atoms with Crippen molar-refractivity contribution in [2.24, 2.45) is 11.3 Å². The van der Waals surface area contributed by atoms with Crippen molar-refractivity contribution in [1.29, 1.82) is 0 Å². The summed E-state index contributed by atoms with van der Waals surface area (Å²) >= 11 is 0. The molecule has 1 saturated heterocycles. The molecule has 0 bridgehead atoms. The molecular formula is C18H25NO4. The van der Waals surface area contributed by atoms with Gasteiger partial charge in [-0.25, -0.2) is 0 Å². The molecule has 0 aromatic heterocycles. The van der Waals surface area contributed by atoms with Crippen molar-refractivity contribution >= 4 is 5.97 Å². The van der Waals surface area contributed by atoms with Gasteiger partial charge in [0.2, 0.25) is 0 Å². The van der Waals surface area contributed by atoms with Crippen LogP contribution in [-0.4, -0.2) is 51.9 Å². The Morgan fingerprint density at radius 3 is 2.52 bits per heavy atom. The molecular weight excluding hydrogens is 294 g/mol. The molecule has 2 atom stereocenters. The minimum absolute atomic E-state index is 0.254. The van der Waals surface area contributed by atoms with Crippen molar-refractivity contribution in [2.45, 2.75) is 38.2 Å². The van der Waals surface area contributed by atoms with Gasteiger partial charge in [-0.3, -0.25) is 4.79 Å². The number of nitrogens with zero attached hydrogens (tertiary/aromatic N) is 1. The van der Waals surface area contributed by atoms with Crippen molar-refractivity contribution in [2.75, 3.05) is 19.6 Å². The Labute approximate surface area is 136 Å². The molecule has 1 heterocycles. The molecule has 3 rings (SSSR count). The van der Waals surface area contributed by atoms with Crippen LogP contribution in [0.5, 0.6) is 5.75 Å². The number of phenols is 1. The van der Waals surface area contributed by atoms with Crippen LogP contribution in [0.1, 0.15) is 31.2 Å².